The average Bonchev–Trinajstić information content (AvgIpc) is 2.28. The van der Waals surface area contributed by atoms with Gasteiger partial charge in [0.15, 0.2) is 0 Å². The Bertz CT molecular complexity index is 347. The molecule has 0 N–H and O–H groups in total. The molecule has 1 nitrogen and oxygen atoms in total. The lowest BCUT2D eigenvalue weighted by atomic mass is 9.96. The monoisotopic (exact) mass is 253 g/mol. The molecule has 0 heterocycles. The Morgan fingerprint density at radius 2 is 1.94 bits per heavy atom. The molecule has 0 unspecified atom stereocenters. The summed E-state index contributed by atoms with van der Waals surface area (Å²) in [5.74, 6) is 1.32. The van der Waals surface area contributed by atoms with E-state index in [1.54, 1.807) is 0 Å². The maximum atomic E-state index is 5.73. The van der Waals surface area contributed by atoms with Crippen LogP contribution >= 0.6 is 11.6 Å². The van der Waals surface area contributed by atoms with Crippen LogP contribution in [0, 0.1) is 6.92 Å². The largest absolute Gasteiger partial charge is 0.305 e. The molecule has 0 aliphatic rings. The van der Waals surface area contributed by atoms with Crippen LogP contribution in [0.5, 0.6) is 0 Å². The summed E-state index contributed by atoms with van der Waals surface area (Å²) < 4.78 is 0. The van der Waals surface area contributed by atoms with Gasteiger partial charge in [-0.25, -0.2) is 0 Å². The fraction of sp³-hybridized carbons (Fsp3) is 0.600. The zero-order valence-corrected chi connectivity index (χ0v) is 12.2. The number of nitrogens with zero attached hydrogens (tertiary/aromatic N) is 1. The number of halogens is 1. The van der Waals surface area contributed by atoms with Gasteiger partial charge in [0.05, 0.1) is 0 Å². The Morgan fingerprint density at radius 3 is 2.53 bits per heavy atom. The molecule has 0 aliphatic carbocycles. The fourth-order valence-corrected chi connectivity index (χ4v) is 2.18. The van der Waals surface area contributed by atoms with E-state index in [0.717, 1.165) is 19.5 Å². The standard InChI is InChI=1S/C15H24ClN/c1-12(2)14-6-5-13(3)15(11-14)7-9-17(4)10-8-16/h5-6,11-12H,7-10H2,1-4H3. The van der Waals surface area contributed by atoms with E-state index in [4.69, 9.17) is 11.6 Å². The summed E-state index contributed by atoms with van der Waals surface area (Å²) in [5, 5.41) is 0. The lowest BCUT2D eigenvalue weighted by Gasteiger charge is -2.17. The lowest BCUT2D eigenvalue weighted by Crippen LogP contribution is -2.23. The quantitative estimate of drug-likeness (QED) is 0.697. The van der Waals surface area contributed by atoms with Gasteiger partial charge >= 0.3 is 0 Å². The second-order valence-electron chi connectivity index (χ2n) is 5.08. The van der Waals surface area contributed by atoms with Crippen LogP contribution in [0.1, 0.15) is 36.5 Å². The Morgan fingerprint density at radius 1 is 1.24 bits per heavy atom. The van der Waals surface area contributed by atoms with E-state index in [9.17, 15) is 0 Å². The van der Waals surface area contributed by atoms with E-state index in [-0.39, 0.29) is 0 Å². The van der Waals surface area contributed by atoms with Gasteiger partial charge in [0, 0.05) is 19.0 Å². The van der Waals surface area contributed by atoms with Crippen molar-refractivity contribution in [2.24, 2.45) is 0 Å². The van der Waals surface area contributed by atoms with Crippen molar-refractivity contribution in [3.63, 3.8) is 0 Å². The summed E-state index contributed by atoms with van der Waals surface area (Å²) >= 11 is 5.73. The Kier molecular flexibility index (Phi) is 6.01. The minimum Gasteiger partial charge on any atom is -0.305 e. The van der Waals surface area contributed by atoms with Gasteiger partial charge in [0.25, 0.3) is 0 Å². The normalized spacial score (nSPS) is 11.5. The zero-order valence-electron chi connectivity index (χ0n) is 11.5. The highest BCUT2D eigenvalue weighted by molar-refractivity contribution is 6.18. The van der Waals surface area contributed by atoms with Gasteiger partial charge in [-0.05, 0) is 43.0 Å². The van der Waals surface area contributed by atoms with Gasteiger partial charge in [-0.2, -0.15) is 0 Å². The highest BCUT2D eigenvalue weighted by atomic mass is 35.5. The van der Waals surface area contributed by atoms with Crippen LogP contribution in [0.3, 0.4) is 0 Å². The van der Waals surface area contributed by atoms with Crippen molar-refractivity contribution in [2.45, 2.75) is 33.1 Å². The van der Waals surface area contributed by atoms with E-state index in [0.29, 0.717) is 11.8 Å². The summed E-state index contributed by atoms with van der Waals surface area (Å²) in [5.41, 5.74) is 4.30. The molecule has 17 heavy (non-hydrogen) atoms. The van der Waals surface area contributed by atoms with Gasteiger partial charge in [0.2, 0.25) is 0 Å². The zero-order chi connectivity index (χ0) is 12.8. The molecule has 0 radical (unpaired) electrons. The molecule has 0 atom stereocenters. The Balaban J connectivity index is 2.66. The first-order valence-electron chi connectivity index (χ1n) is 6.38. The molecule has 1 aromatic carbocycles. The Labute approximate surface area is 111 Å². The summed E-state index contributed by atoms with van der Waals surface area (Å²) in [7, 11) is 2.13. The lowest BCUT2D eigenvalue weighted by molar-refractivity contribution is 0.359. The third-order valence-corrected chi connectivity index (χ3v) is 3.44. The van der Waals surface area contributed by atoms with Crippen LogP contribution in [-0.4, -0.2) is 30.9 Å². The highest BCUT2D eigenvalue weighted by Gasteiger charge is 2.05. The molecule has 0 bridgehead atoms. The number of aryl methyl sites for hydroxylation is 1. The van der Waals surface area contributed by atoms with Crippen LogP contribution in [0.2, 0.25) is 0 Å². The Hall–Kier alpha value is -0.530. The van der Waals surface area contributed by atoms with E-state index >= 15 is 0 Å². The summed E-state index contributed by atoms with van der Waals surface area (Å²) in [4.78, 5) is 2.29. The predicted molar refractivity (Wildman–Crippen MR) is 77.2 cm³/mol. The second kappa shape index (κ2) is 7.03. The summed E-state index contributed by atoms with van der Waals surface area (Å²) in [6.45, 7) is 8.72. The first-order chi connectivity index (χ1) is 8.04. The summed E-state index contributed by atoms with van der Waals surface area (Å²) in [6.07, 6.45) is 1.11. The van der Waals surface area contributed by atoms with Gasteiger partial charge in [-0.3, -0.25) is 0 Å². The van der Waals surface area contributed by atoms with Crippen LogP contribution in [-0.2, 0) is 6.42 Å². The molecule has 0 aromatic heterocycles. The van der Waals surface area contributed by atoms with Crippen molar-refractivity contribution in [2.75, 3.05) is 26.0 Å². The third kappa shape index (κ3) is 4.69. The van der Waals surface area contributed by atoms with Crippen molar-refractivity contribution >= 4 is 11.6 Å². The van der Waals surface area contributed by atoms with Crippen molar-refractivity contribution in [1.82, 2.24) is 4.90 Å². The number of likely N-dealkylation sites (N-methyl/N-ethyl adjacent to an activating group) is 1. The minimum absolute atomic E-state index is 0.606. The topological polar surface area (TPSA) is 3.24 Å². The van der Waals surface area contributed by atoms with Crippen LogP contribution in [0.25, 0.3) is 0 Å². The van der Waals surface area contributed by atoms with E-state index in [1.165, 1.54) is 16.7 Å². The molecule has 0 saturated heterocycles. The maximum Gasteiger partial charge on any atom is 0.0351 e. The van der Waals surface area contributed by atoms with Gasteiger partial charge < -0.3 is 4.90 Å². The number of hydrogen-bond acceptors (Lipinski definition) is 1. The molecule has 1 aromatic rings. The van der Waals surface area contributed by atoms with E-state index in [2.05, 4.69) is 50.9 Å². The maximum absolute atomic E-state index is 5.73. The van der Waals surface area contributed by atoms with Crippen LogP contribution in [0.15, 0.2) is 18.2 Å². The van der Waals surface area contributed by atoms with Gasteiger partial charge in [-0.1, -0.05) is 32.0 Å². The van der Waals surface area contributed by atoms with E-state index in [1.807, 2.05) is 0 Å². The smallest absolute Gasteiger partial charge is 0.0351 e. The first-order valence-corrected chi connectivity index (χ1v) is 6.92. The van der Waals surface area contributed by atoms with Crippen molar-refractivity contribution in [3.8, 4) is 0 Å². The molecular weight excluding hydrogens is 230 g/mol. The fourth-order valence-electron chi connectivity index (χ4n) is 1.89. The molecule has 0 fully saturated rings. The molecule has 0 saturated carbocycles. The van der Waals surface area contributed by atoms with Crippen LogP contribution < -0.4 is 0 Å². The number of hydrogen-bond donors (Lipinski definition) is 0. The molecule has 0 amide bonds. The summed E-state index contributed by atoms with van der Waals surface area (Å²) in [6, 6.07) is 6.84. The molecule has 0 spiro atoms. The van der Waals surface area contributed by atoms with Gasteiger partial charge in [-0.15, -0.1) is 11.6 Å². The molecular formula is C15H24ClN. The molecule has 0 aliphatic heterocycles. The highest BCUT2D eigenvalue weighted by Crippen LogP contribution is 2.19. The van der Waals surface area contributed by atoms with Crippen molar-refractivity contribution < 1.29 is 0 Å². The predicted octanol–water partition coefficient (Wildman–Crippen LogP) is 3.83. The molecule has 1 rings (SSSR count). The van der Waals surface area contributed by atoms with Gasteiger partial charge in [0.1, 0.15) is 0 Å². The number of alkyl halides is 1. The number of benzene rings is 1. The van der Waals surface area contributed by atoms with Crippen molar-refractivity contribution in [1.29, 1.82) is 0 Å². The first kappa shape index (κ1) is 14.5. The van der Waals surface area contributed by atoms with E-state index < -0.39 is 0 Å². The molecule has 96 valence electrons. The second-order valence-corrected chi connectivity index (χ2v) is 5.46. The molecule has 2 heteroatoms. The van der Waals surface area contributed by atoms with Crippen molar-refractivity contribution in [3.05, 3.63) is 34.9 Å². The average molecular weight is 254 g/mol. The SMILES string of the molecule is Cc1ccc(C(C)C)cc1CCN(C)CCCl. The number of rotatable bonds is 6. The third-order valence-electron chi connectivity index (χ3n) is 3.27. The van der Waals surface area contributed by atoms with Crippen LogP contribution in [0.4, 0.5) is 0 Å². The minimum atomic E-state index is 0.606.